The molecule has 3 aromatic rings. The van der Waals surface area contributed by atoms with Crippen LogP contribution in [0.5, 0.6) is 17.2 Å². The number of hydrogen-bond donors (Lipinski definition) is 1. The smallest absolute Gasteiger partial charge is 0.241 e. The lowest BCUT2D eigenvalue weighted by molar-refractivity contribution is 0.171. The van der Waals surface area contributed by atoms with Crippen molar-refractivity contribution in [2.24, 2.45) is 7.05 Å². The fourth-order valence-electron chi connectivity index (χ4n) is 3.16. The predicted molar refractivity (Wildman–Crippen MR) is 106 cm³/mol. The van der Waals surface area contributed by atoms with E-state index in [0.29, 0.717) is 41.9 Å². The molecule has 1 N–H and O–H groups in total. The average Bonchev–Trinajstić information content (AvgIpc) is 3.17. The first-order chi connectivity index (χ1) is 14.0. The first kappa shape index (κ1) is 19.3. The maximum absolute atomic E-state index is 13.2. The molecule has 0 saturated heterocycles. The summed E-state index contributed by atoms with van der Waals surface area (Å²) in [7, 11) is -0.506. The highest BCUT2D eigenvalue weighted by atomic mass is 32.2. The maximum atomic E-state index is 13.2. The van der Waals surface area contributed by atoms with Crippen LogP contribution in [-0.4, -0.2) is 38.3 Å². The minimum Gasteiger partial charge on any atom is -0.497 e. The van der Waals surface area contributed by atoms with Crippen LogP contribution in [0.25, 0.3) is 0 Å². The topological polar surface area (TPSA) is 91.7 Å². The monoisotopic (exact) mass is 415 g/mol. The molecule has 1 aliphatic heterocycles. The summed E-state index contributed by atoms with van der Waals surface area (Å²) >= 11 is 0. The maximum Gasteiger partial charge on any atom is 0.241 e. The minimum absolute atomic E-state index is 0.0869. The lowest BCUT2D eigenvalue weighted by Crippen LogP contribution is -2.31. The van der Waals surface area contributed by atoms with Crippen molar-refractivity contribution in [3.63, 3.8) is 0 Å². The lowest BCUT2D eigenvalue weighted by atomic mass is 10.1. The fraction of sp³-hybridized carbons (Fsp3) is 0.250. The second-order valence-electron chi connectivity index (χ2n) is 6.53. The summed E-state index contributed by atoms with van der Waals surface area (Å²) in [5.74, 6) is 2.12. The van der Waals surface area contributed by atoms with Gasteiger partial charge in [0.05, 0.1) is 12.0 Å². The number of rotatable bonds is 6. The Bertz CT molecular complexity index is 1130. The van der Waals surface area contributed by atoms with Gasteiger partial charge < -0.3 is 18.8 Å². The highest BCUT2D eigenvalue weighted by molar-refractivity contribution is 7.89. The van der Waals surface area contributed by atoms with E-state index in [2.05, 4.69) is 9.71 Å². The zero-order valence-corrected chi connectivity index (χ0v) is 16.8. The predicted octanol–water partition coefficient (Wildman–Crippen LogP) is 2.27. The van der Waals surface area contributed by atoms with Crippen LogP contribution in [-0.2, 0) is 17.1 Å². The van der Waals surface area contributed by atoms with Crippen LogP contribution >= 0.6 is 0 Å². The number of ether oxygens (including phenoxy) is 3. The third-order valence-electron chi connectivity index (χ3n) is 4.64. The van der Waals surface area contributed by atoms with Crippen molar-refractivity contribution in [3.05, 3.63) is 66.2 Å². The molecule has 0 radical (unpaired) electrons. The first-order valence-electron chi connectivity index (χ1n) is 9.01. The summed E-state index contributed by atoms with van der Waals surface area (Å²) in [5, 5.41) is 0. The molecule has 1 aliphatic rings. The third kappa shape index (κ3) is 3.92. The lowest BCUT2D eigenvalue weighted by Gasteiger charge is -2.21. The van der Waals surface area contributed by atoms with Crippen LogP contribution in [0, 0.1) is 0 Å². The number of aryl methyl sites for hydroxylation is 1. The Hall–Kier alpha value is -3.04. The molecule has 0 saturated carbocycles. The van der Waals surface area contributed by atoms with Crippen LogP contribution in [0.3, 0.4) is 0 Å². The Labute approximate surface area is 169 Å². The van der Waals surface area contributed by atoms with E-state index in [1.807, 2.05) is 19.2 Å². The molecule has 1 aromatic heterocycles. The molecule has 0 spiro atoms. The Morgan fingerprint density at radius 3 is 2.66 bits per heavy atom. The third-order valence-corrected chi connectivity index (χ3v) is 6.06. The van der Waals surface area contributed by atoms with Crippen molar-refractivity contribution in [3.8, 4) is 17.2 Å². The molecular weight excluding hydrogens is 394 g/mol. The molecule has 29 heavy (non-hydrogen) atoms. The highest BCUT2D eigenvalue weighted by Gasteiger charge is 2.27. The SMILES string of the molecule is COc1cccc(C(NS(=O)(=O)c2ccc3c(c2)OCCO3)c2nccn2C)c1. The summed E-state index contributed by atoms with van der Waals surface area (Å²) in [6.07, 6.45) is 3.39. The van der Waals surface area contributed by atoms with Crippen LogP contribution in [0.4, 0.5) is 0 Å². The largest absolute Gasteiger partial charge is 0.497 e. The van der Waals surface area contributed by atoms with Crippen LogP contribution in [0.15, 0.2) is 59.8 Å². The molecule has 9 heteroatoms. The molecule has 1 atom stereocenters. The number of imidazole rings is 1. The van der Waals surface area contributed by atoms with Gasteiger partial charge in [-0.3, -0.25) is 0 Å². The van der Waals surface area contributed by atoms with Gasteiger partial charge in [0, 0.05) is 25.5 Å². The molecule has 0 fully saturated rings. The van der Waals surface area contributed by atoms with Gasteiger partial charge in [0.25, 0.3) is 0 Å². The molecular formula is C20H21N3O5S. The number of benzene rings is 2. The number of aromatic nitrogens is 2. The molecule has 1 unspecified atom stereocenters. The summed E-state index contributed by atoms with van der Waals surface area (Å²) in [6.45, 7) is 0.818. The normalized spacial score (nSPS) is 14.4. The molecule has 0 aliphatic carbocycles. The van der Waals surface area contributed by atoms with Gasteiger partial charge in [-0.1, -0.05) is 12.1 Å². The van der Waals surface area contributed by atoms with Crippen LogP contribution in [0.1, 0.15) is 17.4 Å². The van der Waals surface area contributed by atoms with Crippen molar-refractivity contribution in [2.75, 3.05) is 20.3 Å². The van der Waals surface area contributed by atoms with Gasteiger partial charge in [-0.05, 0) is 29.8 Å². The average molecular weight is 415 g/mol. The van der Waals surface area contributed by atoms with Gasteiger partial charge in [0.1, 0.15) is 30.8 Å². The molecule has 2 heterocycles. The number of hydrogen-bond acceptors (Lipinski definition) is 6. The van der Waals surface area contributed by atoms with E-state index < -0.39 is 16.1 Å². The quantitative estimate of drug-likeness (QED) is 0.664. The fourth-order valence-corrected chi connectivity index (χ4v) is 4.36. The number of nitrogens with zero attached hydrogens (tertiary/aromatic N) is 2. The Balaban J connectivity index is 1.73. The standard InChI is InChI=1S/C20H21N3O5S/c1-23-9-8-21-20(23)19(14-4-3-5-15(12-14)26-2)22-29(24,25)16-6-7-17-18(13-16)28-11-10-27-17/h3-9,12-13,19,22H,10-11H2,1-2H3. The van der Waals surface area contributed by atoms with Crippen LogP contribution < -0.4 is 18.9 Å². The van der Waals surface area contributed by atoms with Crippen molar-refractivity contribution >= 4 is 10.0 Å². The zero-order chi connectivity index (χ0) is 20.4. The van der Waals surface area contributed by atoms with E-state index in [4.69, 9.17) is 14.2 Å². The Kier molecular flexibility index (Phi) is 5.16. The second-order valence-corrected chi connectivity index (χ2v) is 8.25. The Morgan fingerprint density at radius 1 is 1.14 bits per heavy atom. The number of sulfonamides is 1. The van der Waals surface area contributed by atoms with Gasteiger partial charge in [-0.15, -0.1) is 0 Å². The molecule has 4 rings (SSSR count). The number of methoxy groups -OCH3 is 1. The number of nitrogens with one attached hydrogen (secondary N) is 1. The molecule has 0 bridgehead atoms. The number of fused-ring (bicyclic) bond motifs is 1. The van der Waals surface area contributed by atoms with E-state index in [-0.39, 0.29) is 4.90 Å². The molecule has 0 amide bonds. The van der Waals surface area contributed by atoms with Gasteiger partial charge in [0.15, 0.2) is 11.5 Å². The van der Waals surface area contributed by atoms with Gasteiger partial charge in [-0.25, -0.2) is 13.4 Å². The van der Waals surface area contributed by atoms with Crippen molar-refractivity contribution in [1.29, 1.82) is 0 Å². The Morgan fingerprint density at radius 2 is 1.93 bits per heavy atom. The summed E-state index contributed by atoms with van der Waals surface area (Å²) in [5.41, 5.74) is 0.708. The molecule has 152 valence electrons. The molecule has 2 aromatic carbocycles. The van der Waals surface area contributed by atoms with E-state index >= 15 is 0 Å². The first-order valence-corrected chi connectivity index (χ1v) is 10.5. The minimum atomic E-state index is -3.88. The van der Waals surface area contributed by atoms with Crippen molar-refractivity contribution in [1.82, 2.24) is 14.3 Å². The van der Waals surface area contributed by atoms with E-state index in [0.717, 1.165) is 0 Å². The second kappa shape index (κ2) is 7.76. The van der Waals surface area contributed by atoms with E-state index in [1.54, 1.807) is 42.3 Å². The van der Waals surface area contributed by atoms with Gasteiger partial charge in [0.2, 0.25) is 10.0 Å². The van der Waals surface area contributed by atoms with E-state index in [9.17, 15) is 8.42 Å². The van der Waals surface area contributed by atoms with E-state index in [1.165, 1.54) is 12.1 Å². The highest BCUT2D eigenvalue weighted by Crippen LogP contribution is 2.33. The summed E-state index contributed by atoms with van der Waals surface area (Å²) in [4.78, 5) is 4.43. The van der Waals surface area contributed by atoms with Crippen LogP contribution in [0.2, 0.25) is 0 Å². The molecule has 8 nitrogen and oxygen atoms in total. The summed E-state index contributed by atoms with van der Waals surface area (Å²) in [6, 6.07) is 11.1. The van der Waals surface area contributed by atoms with Gasteiger partial charge in [-0.2, -0.15) is 4.72 Å². The van der Waals surface area contributed by atoms with Gasteiger partial charge >= 0.3 is 0 Å². The van der Waals surface area contributed by atoms with Crippen molar-refractivity contribution < 1.29 is 22.6 Å². The van der Waals surface area contributed by atoms with Crippen molar-refractivity contribution in [2.45, 2.75) is 10.9 Å². The zero-order valence-electron chi connectivity index (χ0n) is 16.0. The summed E-state index contributed by atoms with van der Waals surface area (Å²) < 4.78 is 47.2.